The largest absolute Gasteiger partial charge is 0.362 e. The minimum absolute atomic E-state index is 0.0445. The molecule has 1 saturated heterocycles. The van der Waals surface area contributed by atoms with Crippen LogP contribution in [0.1, 0.15) is 37.0 Å². The van der Waals surface area contributed by atoms with E-state index in [-0.39, 0.29) is 10.8 Å². The summed E-state index contributed by atoms with van der Waals surface area (Å²) in [6.45, 7) is 6.54. The van der Waals surface area contributed by atoms with Crippen LogP contribution in [0.3, 0.4) is 0 Å². The number of sulfonamides is 1. The van der Waals surface area contributed by atoms with E-state index in [2.05, 4.69) is 19.6 Å². The van der Waals surface area contributed by atoms with E-state index >= 15 is 0 Å². The van der Waals surface area contributed by atoms with Gasteiger partial charge in [-0.05, 0) is 50.6 Å². The Labute approximate surface area is 177 Å². The second kappa shape index (κ2) is 9.25. The van der Waals surface area contributed by atoms with Gasteiger partial charge in [-0.2, -0.15) is 8.42 Å². The second-order valence-corrected chi connectivity index (χ2v) is 8.67. The number of anilines is 2. The van der Waals surface area contributed by atoms with Gasteiger partial charge in [0, 0.05) is 45.0 Å². The maximum Gasteiger partial charge on any atom is 0.284 e. The van der Waals surface area contributed by atoms with Gasteiger partial charge in [0.2, 0.25) is 0 Å². The van der Waals surface area contributed by atoms with E-state index < -0.39 is 10.0 Å². The Balaban J connectivity index is 1.76. The number of amidine groups is 1. The third kappa shape index (κ3) is 4.96. The topological polar surface area (TPSA) is 95.0 Å². The molecule has 2 aromatic rings. The van der Waals surface area contributed by atoms with E-state index in [0.717, 1.165) is 31.9 Å². The number of pyridine rings is 1. The van der Waals surface area contributed by atoms with Crippen molar-refractivity contribution in [3.8, 4) is 0 Å². The molecular weight excluding hydrogens is 402 g/mol. The number of likely N-dealkylation sites (tertiary alicyclic amines) is 1. The maximum atomic E-state index is 12.7. The van der Waals surface area contributed by atoms with Crippen molar-refractivity contribution in [2.75, 3.05) is 36.9 Å². The van der Waals surface area contributed by atoms with E-state index in [1.54, 1.807) is 24.3 Å². The average molecular weight is 430 g/mol. The van der Waals surface area contributed by atoms with Crippen LogP contribution in [0, 0.1) is 0 Å². The number of carbonyl (C=O) groups is 1. The van der Waals surface area contributed by atoms with Gasteiger partial charge in [0.25, 0.3) is 15.9 Å². The first-order valence-corrected chi connectivity index (χ1v) is 11.5. The van der Waals surface area contributed by atoms with E-state index in [9.17, 15) is 13.2 Å². The fourth-order valence-electron chi connectivity index (χ4n) is 3.29. The van der Waals surface area contributed by atoms with Crippen molar-refractivity contribution in [3.05, 3.63) is 48.2 Å². The molecule has 30 heavy (non-hydrogen) atoms. The van der Waals surface area contributed by atoms with Gasteiger partial charge in [-0.25, -0.2) is 4.98 Å². The molecule has 1 aromatic carbocycles. The fourth-order valence-corrected chi connectivity index (χ4v) is 4.43. The smallest absolute Gasteiger partial charge is 0.284 e. The Hall–Kier alpha value is -2.94. The van der Waals surface area contributed by atoms with Gasteiger partial charge >= 0.3 is 0 Å². The number of nitrogens with zero attached hydrogens (tertiary/aromatic N) is 4. The molecule has 160 valence electrons. The number of carbonyl (C=O) groups excluding carboxylic acids is 1. The first kappa shape index (κ1) is 21.8. The summed E-state index contributed by atoms with van der Waals surface area (Å²) in [5, 5.41) is 2.73. The molecule has 1 aliphatic heterocycles. The van der Waals surface area contributed by atoms with Crippen molar-refractivity contribution in [1.29, 1.82) is 0 Å². The molecule has 9 heteroatoms. The predicted octanol–water partition coefficient (Wildman–Crippen LogP) is 2.99. The molecular formula is C21H27N5O3S. The molecule has 1 amide bonds. The minimum Gasteiger partial charge on any atom is -0.362 e. The normalized spacial score (nSPS) is 15.4. The van der Waals surface area contributed by atoms with Gasteiger partial charge in [-0.1, -0.05) is 6.07 Å². The van der Waals surface area contributed by atoms with E-state index in [1.807, 2.05) is 25.8 Å². The van der Waals surface area contributed by atoms with Crippen LogP contribution < -0.4 is 10.2 Å². The minimum atomic E-state index is -3.84. The highest BCUT2D eigenvalue weighted by Crippen LogP contribution is 2.21. The van der Waals surface area contributed by atoms with Gasteiger partial charge in [0.15, 0.2) is 0 Å². The second-order valence-electron chi connectivity index (χ2n) is 7.07. The summed E-state index contributed by atoms with van der Waals surface area (Å²) < 4.78 is 29.3. The molecule has 0 saturated carbocycles. The van der Waals surface area contributed by atoms with Gasteiger partial charge in [0.05, 0.1) is 10.5 Å². The van der Waals surface area contributed by atoms with E-state index in [0.29, 0.717) is 23.5 Å². The van der Waals surface area contributed by atoms with Crippen LogP contribution in [0.2, 0.25) is 0 Å². The Morgan fingerprint density at radius 3 is 2.60 bits per heavy atom. The molecule has 0 radical (unpaired) electrons. The number of aromatic nitrogens is 1. The van der Waals surface area contributed by atoms with Crippen LogP contribution >= 0.6 is 0 Å². The Morgan fingerprint density at radius 1 is 1.23 bits per heavy atom. The maximum absolute atomic E-state index is 12.7. The highest BCUT2D eigenvalue weighted by atomic mass is 32.2. The van der Waals surface area contributed by atoms with Gasteiger partial charge < -0.3 is 15.1 Å². The molecule has 0 spiro atoms. The van der Waals surface area contributed by atoms with Crippen LogP contribution in [0.4, 0.5) is 11.5 Å². The first-order valence-electron chi connectivity index (χ1n) is 10.0. The molecule has 1 fully saturated rings. The molecule has 0 aliphatic carbocycles. The van der Waals surface area contributed by atoms with Crippen molar-refractivity contribution < 1.29 is 13.2 Å². The summed E-state index contributed by atoms with van der Waals surface area (Å²) in [4.78, 5) is 20.9. The molecule has 1 aromatic heterocycles. The van der Waals surface area contributed by atoms with Crippen molar-refractivity contribution in [2.24, 2.45) is 4.40 Å². The van der Waals surface area contributed by atoms with Crippen molar-refractivity contribution in [3.63, 3.8) is 0 Å². The molecule has 3 rings (SSSR count). The van der Waals surface area contributed by atoms with Crippen LogP contribution in [0.5, 0.6) is 0 Å². The molecule has 1 aliphatic rings. The van der Waals surface area contributed by atoms with Crippen molar-refractivity contribution in [2.45, 2.75) is 31.6 Å². The summed E-state index contributed by atoms with van der Waals surface area (Å²) >= 11 is 0. The van der Waals surface area contributed by atoms with Crippen LogP contribution in [0.15, 0.2) is 51.9 Å². The van der Waals surface area contributed by atoms with Crippen LogP contribution in [-0.2, 0) is 10.0 Å². The number of benzene rings is 1. The van der Waals surface area contributed by atoms with Crippen molar-refractivity contribution in [1.82, 2.24) is 9.88 Å². The Kier molecular flexibility index (Phi) is 6.71. The van der Waals surface area contributed by atoms with Crippen LogP contribution in [-0.4, -0.2) is 56.7 Å². The quantitative estimate of drug-likeness (QED) is 0.727. The average Bonchev–Trinajstić information content (AvgIpc) is 3.13. The highest BCUT2D eigenvalue weighted by Gasteiger charge is 2.20. The highest BCUT2D eigenvalue weighted by molar-refractivity contribution is 7.90. The summed E-state index contributed by atoms with van der Waals surface area (Å²) in [6, 6.07) is 9.64. The van der Waals surface area contributed by atoms with Gasteiger partial charge in [-0.15, -0.1) is 4.40 Å². The summed E-state index contributed by atoms with van der Waals surface area (Å²) in [6.07, 6.45) is 3.05. The standard InChI is InChI=1S/C21H27N5O3S/c1-4-26(5-2)19-12-11-16(15-22-19)21(27)23-17-8-6-9-18(14-17)30(28,29)24-20-10-7-13-25(20)3/h6,8-9,11-12,14-15H,4-5,7,10,13H2,1-3H3,(H,23,27)/b24-20-. The van der Waals surface area contributed by atoms with E-state index in [1.165, 1.54) is 18.3 Å². The summed E-state index contributed by atoms with van der Waals surface area (Å²) in [7, 11) is -2.01. The third-order valence-electron chi connectivity index (χ3n) is 5.05. The number of amides is 1. The molecule has 1 N–H and O–H groups in total. The Bertz CT molecular complexity index is 1030. The lowest BCUT2D eigenvalue weighted by molar-refractivity contribution is 0.102. The third-order valence-corrected chi connectivity index (χ3v) is 6.35. The lowest BCUT2D eigenvalue weighted by Gasteiger charge is -2.19. The summed E-state index contributed by atoms with van der Waals surface area (Å²) in [5.74, 6) is 1.01. The molecule has 0 unspecified atom stereocenters. The lowest BCUT2D eigenvalue weighted by atomic mass is 10.2. The lowest BCUT2D eigenvalue weighted by Crippen LogP contribution is -2.23. The van der Waals surface area contributed by atoms with Gasteiger partial charge in [0.1, 0.15) is 11.7 Å². The SMILES string of the molecule is CCN(CC)c1ccc(C(=O)Nc2cccc(S(=O)(=O)/N=C3/CCCN3C)c2)cn1. The monoisotopic (exact) mass is 429 g/mol. The Morgan fingerprint density at radius 2 is 2.00 bits per heavy atom. The molecule has 0 atom stereocenters. The first-order chi connectivity index (χ1) is 14.3. The fraction of sp³-hybridized carbons (Fsp3) is 0.381. The number of hydrogen-bond donors (Lipinski definition) is 1. The molecule has 0 bridgehead atoms. The zero-order valence-electron chi connectivity index (χ0n) is 17.5. The number of nitrogens with one attached hydrogen (secondary N) is 1. The van der Waals surface area contributed by atoms with Gasteiger partial charge in [-0.3, -0.25) is 4.79 Å². The molecule has 2 heterocycles. The zero-order chi connectivity index (χ0) is 21.7. The number of hydrogen-bond acceptors (Lipinski definition) is 5. The summed E-state index contributed by atoms with van der Waals surface area (Å²) in [5.41, 5.74) is 0.779. The zero-order valence-corrected chi connectivity index (χ0v) is 18.3. The van der Waals surface area contributed by atoms with Crippen molar-refractivity contribution >= 4 is 33.3 Å². The predicted molar refractivity (Wildman–Crippen MR) is 119 cm³/mol. The van der Waals surface area contributed by atoms with Crippen LogP contribution in [0.25, 0.3) is 0 Å². The molecule has 8 nitrogen and oxygen atoms in total. The van der Waals surface area contributed by atoms with E-state index in [4.69, 9.17) is 0 Å². The number of rotatable bonds is 7.